The number of hydrogen-bond donors (Lipinski definition) is 3. The molecular weight excluding hydrogens is 488 g/mol. The molecule has 8 nitrogen and oxygen atoms in total. The fourth-order valence-electron chi connectivity index (χ4n) is 4.86. The molecule has 5 rings (SSSR count). The molecule has 1 aliphatic rings. The topological polar surface area (TPSA) is 89.2 Å². The van der Waals surface area contributed by atoms with E-state index in [-0.39, 0.29) is 5.82 Å². The first-order valence-corrected chi connectivity index (χ1v) is 15.0. The molecule has 37 heavy (non-hydrogen) atoms. The third kappa shape index (κ3) is 5.48. The fourth-order valence-corrected chi connectivity index (χ4v) is 6.02. The molecule has 2 aromatic carbocycles. The molecule has 0 radical (unpaired) electrons. The van der Waals surface area contributed by atoms with Gasteiger partial charge in [0.05, 0.1) is 16.8 Å². The molecule has 0 saturated carbocycles. The summed E-state index contributed by atoms with van der Waals surface area (Å²) in [5.41, 5.74) is 2.55. The second-order valence-electron chi connectivity index (χ2n) is 10.1. The summed E-state index contributed by atoms with van der Waals surface area (Å²) in [6.45, 7) is 5.15. The zero-order valence-corrected chi connectivity index (χ0v) is 22.5. The number of aromatic amines is 1. The lowest BCUT2D eigenvalue weighted by molar-refractivity contribution is 0.249. The van der Waals surface area contributed by atoms with Crippen LogP contribution in [0.4, 0.5) is 33.2 Å². The quantitative estimate of drug-likeness (QED) is 0.282. The van der Waals surface area contributed by atoms with Crippen molar-refractivity contribution in [3.05, 3.63) is 60.5 Å². The Morgan fingerprint density at radius 2 is 1.81 bits per heavy atom. The summed E-state index contributed by atoms with van der Waals surface area (Å²) in [6.07, 6.45) is 3.82. The van der Waals surface area contributed by atoms with E-state index in [4.69, 9.17) is 0 Å². The van der Waals surface area contributed by atoms with E-state index in [1.54, 1.807) is 19.5 Å². The lowest BCUT2D eigenvalue weighted by Crippen LogP contribution is -2.42. The Hall–Kier alpha value is -3.42. The molecule has 0 bridgehead atoms. The third-order valence-corrected chi connectivity index (χ3v) is 8.44. The third-order valence-electron chi connectivity index (χ3n) is 6.89. The highest BCUT2D eigenvalue weighted by molar-refractivity contribution is 7.70. The monoisotopic (exact) mass is 521 g/mol. The molecule has 2 aromatic heterocycles. The summed E-state index contributed by atoms with van der Waals surface area (Å²) in [7, 11) is 1.68. The van der Waals surface area contributed by atoms with Gasteiger partial charge in [0, 0.05) is 36.3 Å². The van der Waals surface area contributed by atoms with E-state index in [0.29, 0.717) is 34.8 Å². The Morgan fingerprint density at radius 3 is 2.51 bits per heavy atom. The van der Waals surface area contributed by atoms with E-state index in [9.17, 15) is 4.57 Å². The van der Waals surface area contributed by atoms with E-state index in [0.717, 1.165) is 42.3 Å². The Labute approximate surface area is 216 Å². The average molecular weight is 522 g/mol. The lowest BCUT2D eigenvalue weighted by Gasteiger charge is -2.36. The number of H-pyrrole nitrogens is 1. The maximum absolute atomic E-state index is 15.1. The van der Waals surface area contributed by atoms with Crippen LogP contribution in [0.2, 0.25) is 0 Å². The van der Waals surface area contributed by atoms with Gasteiger partial charge >= 0.3 is 0 Å². The smallest absolute Gasteiger partial charge is 0.231 e. The van der Waals surface area contributed by atoms with Crippen molar-refractivity contribution in [3.63, 3.8) is 0 Å². The maximum atomic E-state index is 15.1. The number of aromatic nitrogens is 3. The minimum Gasteiger partial charge on any atom is -0.369 e. The molecule has 0 aliphatic carbocycles. The average Bonchev–Trinajstić information content (AvgIpc) is 3.33. The van der Waals surface area contributed by atoms with Gasteiger partial charge in [-0.15, -0.1) is 0 Å². The van der Waals surface area contributed by atoms with E-state index in [1.165, 1.54) is 6.07 Å². The second kappa shape index (κ2) is 10.1. The van der Waals surface area contributed by atoms with Crippen LogP contribution in [0.25, 0.3) is 11.0 Å². The molecule has 0 spiro atoms. The SMILES string of the molecule is CN(C)C1CCN(c2ccc(Nc3nc(Nc4ccccc4P(C)(C)=O)c4cc[nH]c4n3)cc2F)CC1. The molecule has 1 saturated heterocycles. The number of nitrogens with zero attached hydrogens (tertiary/aromatic N) is 4. The minimum atomic E-state index is -2.51. The highest BCUT2D eigenvalue weighted by Gasteiger charge is 2.23. The summed E-state index contributed by atoms with van der Waals surface area (Å²) in [6, 6.07) is 15.1. The van der Waals surface area contributed by atoms with Crippen molar-refractivity contribution in [3.8, 4) is 0 Å². The van der Waals surface area contributed by atoms with Gasteiger partial charge in [0.25, 0.3) is 0 Å². The number of hydrogen-bond acceptors (Lipinski definition) is 7. The van der Waals surface area contributed by atoms with Crippen LogP contribution in [0.3, 0.4) is 0 Å². The Kier molecular flexibility index (Phi) is 6.92. The molecule has 194 valence electrons. The van der Waals surface area contributed by atoms with Crippen LogP contribution in [0.5, 0.6) is 0 Å². The largest absolute Gasteiger partial charge is 0.369 e. The van der Waals surface area contributed by atoms with Crippen LogP contribution in [0, 0.1) is 5.82 Å². The Morgan fingerprint density at radius 1 is 1.05 bits per heavy atom. The van der Waals surface area contributed by atoms with Crippen molar-refractivity contribution in [2.24, 2.45) is 0 Å². The molecule has 0 unspecified atom stereocenters. The van der Waals surface area contributed by atoms with Gasteiger partial charge in [-0.2, -0.15) is 9.97 Å². The number of para-hydroxylation sites is 1. The second-order valence-corrected chi connectivity index (χ2v) is 13.3. The van der Waals surface area contributed by atoms with Gasteiger partial charge in [0.15, 0.2) is 0 Å². The fraction of sp³-hybridized carbons (Fsp3) is 0.333. The first-order valence-electron chi connectivity index (χ1n) is 12.4. The standard InChI is InChI=1S/C27H33FN7OP/c1-34(2)19-12-15-35(16-13-19)23-10-9-18(17-21(23)28)30-27-32-25-20(11-14-29-25)26(33-27)31-22-7-5-6-8-24(22)37(3,4)36/h5-11,14,17,19H,12-13,15-16H2,1-4H3,(H3,29,30,31,32,33). The van der Waals surface area contributed by atoms with Crippen LogP contribution in [0.15, 0.2) is 54.7 Å². The molecule has 1 aliphatic heterocycles. The first-order chi connectivity index (χ1) is 17.7. The number of nitrogens with one attached hydrogen (secondary N) is 3. The molecule has 3 heterocycles. The van der Waals surface area contributed by atoms with Crippen LogP contribution >= 0.6 is 7.14 Å². The van der Waals surface area contributed by atoms with Crippen LogP contribution < -0.4 is 20.8 Å². The summed E-state index contributed by atoms with van der Waals surface area (Å²) in [5.74, 6) is 0.615. The molecule has 4 aromatic rings. The van der Waals surface area contributed by atoms with Crippen molar-refractivity contribution in [2.45, 2.75) is 18.9 Å². The predicted molar refractivity (Wildman–Crippen MR) is 151 cm³/mol. The van der Waals surface area contributed by atoms with Crippen molar-refractivity contribution < 1.29 is 8.96 Å². The number of halogens is 1. The van der Waals surface area contributed by atoms with Gasteiger partial charge in [-0.05, 0) is 76.7 Å². The van der Waals surface area contributed by atoms with E-state index >= 15 is 4.39 Å². The summed E-state index contributed by atoms with van der Waals surface area (Å²) < 4.78 is 28.0. The number of anilines is 5. The van der Waals surface area contributed by atoms with Gasteiger partial charge in [0.2, 0.25) is 5.95 Å². The van der Waals surface area contributed by atoms with E-state index < -0.39 is 7.14 Å². The Balaban J connectivity index is 1.39. The van der Waals surface area contributed by atoms with Gasteiger partial charge in [0.1, 0.15) is 24.4 Å². The van der Waals surface area contributed by atoms with Gasteiger partial charge in [-0.1, -0.05) is 12.1 Å². The van der Waals surface area contributed by atoms with Crippen molar-refractivity contribution >= 4 is 52.3 Å². The molecule has 1 fully saturated rings. The molecule has 0 atom stereocenters. The van der Waals surface area contributed by atoms with Crippen molar-refractivity contribution in [1.29, 1.82) is 0 Å². The number of rotatable bonds is 7. The zero-order chi connectivity index (χ0) is 26.2. The van der Waals surface area contributed by atoms with Crippen molar-refractivity contribution in [1.82, 2.24) is 19.9 Å². The van der Waals surface area contributed by atoms with E-state index in [1.807, 2.05) is 42.5 Å². The molecular formula is C27H33FN7OP. The maximum Gasteiger partial charge on any atom is 0.231 e. The van der Waals surface area contributed by atoms with Crippen molar-refractivity contribution in [2.75, 3.05) is 56.0 Å². The zero-order valence-electron chi connectivity index (χ0n) is 21.6. The van der Waals surface area contributed by atoms with Gasteiger partial charge < -0.3 is 30.0 Å². The molecule has 0 amide bonds. The van der Waals surface area contributed by atoms with E-state index in [2.05, 4.69) is 49.5 Å². The normalized spacial score (nSPS) is 14.9. The highest BCUT2D eigenvalue weighted by atomic mass is 31.2. The number of piperidine rings is 1. The number of benzene rings is 2. The lowest BCUT2D eigenvalue weighted by atomic mass is 10.0. The summed E-state index contributed by atoms with van der Waals surface area (Å²) in [4.78, 5) is 16.7. The highest BCUT2D eigenvalue weighted by Crippen LogP contribution is 2.38. The number of fused-ring (bicyclic) bond motifs is 1. The molecule has 3 N–H and O–H groups in total. The van der Waals surface area contributed by atoms with Gasteiger partial charge in [-0.3, -0.25) is 0 Å². The Bertz CT molecular complexity index is 1460. The van der Waals surface area contributed by atoms with Crippen LogP contribution in [-0.2, 0) is 4.57 Å². The van der Waals surface area contributed by atoms with Crippen LogP contribution in [0.1, 0.15) is 12.8 Å². The van der Waals surface area contributed by atoms with Crippen LogP contribution in [-0.4, -0.2) is 66.4 Å². The summed E-state index contributed by atoms with van der Waals surface area (Å²) in [5, 5.41) is 8.03. The first kappa shape index (κ1) is 25.2. The van der Waals surface area contributed by atoms with Gasteiger partial charge in [-0.25, -0.2) is 4.39 Å². The molecule has 10 heteroatoms. The summed E-state index contributed by atoms with van der Waals surface area (Å²) >= 11 is 0. The minimum absolute atomic E-state index is 0.275. The predicted octanol–water partition coefficient (Wildman–Crippen LogP) is 5.36.